The molecule has 1 aromatic rings. The van der Waals surface area contributed by atoms with E-state index in [0.717, 1.165) is 25.3 Å². The molecular formula is C13H18N4. The molecule has 1 aliphatic carbocycles. The molecule has 3 rings (SSSR count). The number of guanidine groups is 1. The molecule has 0 saturated heterocycles. The standard InChI is InChI=1S/C13H18N4/c14-16-13(15-11-7-8-11)17-9-3-5-10-4-1-2-6-12(10)17/h1-2,4,6,11H,3,5,7-9,14H2,(H,15,16). The van der Waals surface area contributed by atoms with E-state index in [2.05, 4.69) is 39.6 Å². The van der Waals surface area contributed by atoms with E-state index < -0.39 is 0 Å². The Kier molecular flexibility index (Phi) is 2.73. The van der Waals surface area contributed by atoms with Crippen molar-refractivity contribution in [3.05, 3.63) is 29.8 Å². The number of fused-ring (bicyclic) bond motifs is 1. The first-order valence-corrected chi connectivity index (χ1v) is 6.28. The second-order valence-corrected chi connectivity index (χ2v) is 4.71. The van der Waals surface area contributed by atoms with Crippen LogP contribution in [-0.4, -0.2) is 18.5 Å². The molecule has 1 fully saturated rings. The van der Waals surface area contributed by atoms with Gasteiger partial charge < -0.3 is 4.90 Å². The topological polar surface area (TPSA) is 53.6 Å². The summed E-state index contributed by atoms with van der Waals surface area (Å²) >= 11 is 0. The van der Waals surface area contributed by atoms with Crippen molar-refractivity contribution in [1.29, 1.82) is 0 Å². The lowest BCUT2D eigenvalue weighted by Crippen LogP contribution is -2.47. The fourth-order valence-electron chi connectivity index (χ4n) is 2.32. The number of anilines is 1. The number of hydrazine groups is 1. The van der Waals surface area contributed by atoms with Gasteiger partial charge in [-0.05, 0) is 37.3 Å². The summed E-state index contributed by atoms with van der Waals surface area (Å²) in [4.78, 5) is 6.84. The van der Waals surface area contributed by atoms with E-state index in [1.54, 1.807) is 0 Å². The maximum Gasteiger partial charge on any atom is 0.213 e. The Labute approximate surface area is 101 Å². The number of nitrogens with two attached hydrogens (primary N) is 1. The molecule has 4 nitrogen and oxygen atoms in total. The number of nitrogens with zero attached hydrogens (tertiary/aromatic N) is 2. The van der Waals surface area contributed by atoms with E-state index in [9.17, 15) is 0 Å². The maximum absolute atomic E-state index is 5.61. The maximum atomic E-state index is 5.61. The Hall–Kier alpha value is -1.55. The summed E-state index contributed by atoms with van der Waals surface area (Å²) in [5.41, 5.74) is 5.39. The summed E-state index contributed by atoms with van der Waals surface area (Å²) in [5.74, 6) is 6.43. The number of rotatable bonds is 1. The van der Waals surface area contributed by atoms with Crippen molar-refractivity contribution in [2.24, 2.45) is 10.8 Å². The number of hydrogen-bond donors (Lipinski definition) is 2. The fraction of sp³-hybridized carbons (Fsp3) is 0.462. The highest BCUT2D eigenvalue weighted by atomic mass is 15.4. The minimum atomic E-state index is 0.482. The highest BCUT2D eigenvalue weighted by Gasteiger charge is 2.25. The third-order valence-electron chi connectivity index (χ3n) is 3.35. The van der Waals surface area contributed by atoms with Gasteiger partial charge in [-0.3, -0.25) is 5.43 Å². The van der Waals surface area contributed by atoms with Gasteiger partial charge in [0.2, 0.25) is 5.96 Å². The SMILES string of the molecule is NNC(=NC1CC1)N1CCCc2ccccc21. The highest BCUT2D eigenvalue weighted by molar-refractivity contribution is 5.97. The summed E-state index contributed by atoms with van der Waals surface area (Å²) < 4.78 is 0. The summed E-state index contributed by atoms with van der Waals surface area (Å²) in [7, 11) is 0. The first-order valence-electron chi connectivity index (χ1n) is 6.28. The van der Waals surface area contributed by atoms with Crippen LogP contribution in [0.2, 0.25) is 0 Å². The quantitative estimate of drug-likeness (QED) is 0.332. The molecule has 90 valence electrons. The van der Waals surface area contributed by atoms with Gasteiger partial charge in [-0.2, -0.15) is 0 Å². The Morgan fingerprint density at radius 1 is 1.35 bits per heavy atom. The molecule has 0 aromatic heterocycles. The lowest BCUT2D eigenvalue weighted by molar-refractivity contribution is 0.757. The van der Waals surface area contributed by atoms with Gasteiger partial charge in [0, 0.05) is 12.2 Å². The molecule has 2 aliphatic rings. The van der Waals surface area contributed by atoms with Crippen LogP contribution >= 0.6 is 0 Å². The van der Waals surface area contributed by atoms with Gasteiger partial charge in [-0.15, -0.1) is 0 Å². The Balaban J connectivity index is 1.93. The molecule has 1 saturated carbocycles. The van der Waals surface area contributed by atoms with E-state index in [1.165, 1.54) is 24.1 Å². The van der Waals surface area contributed by atoms with Crippen molar-refractivity contribution < 1.29 is 0 Å². The molecule has 4 heteroatoms. The molecule has 0 unspecified atom stereocenters. The monoisotopic (exact) mass is 230 g/mol. The second kappa shape index (κ2) is 4.37. The first-order chi connectivity index (χ1) is 8.38. The molecule has 17 heavy (non-hydrogen) atoms. The largest absolute Gasteiger partial charge is 0.311 e. The van der Waals surface area contributed by atoms with Crippen LogP contribution in [0.3, 0.4) is 0 Å². The van der Waals surface area contributed by atoms with Gasteiger partial charge in [-0.25, -0.2) is 10.8 Å². The number of aliphatic imine (C=N–C) groups is 1. The van der Waals surface area contributed by atoms with Gasteiger partial charge in [0.15, 0.2) is 0 Å². The lowest BCUT2D eigenvalue weighted by atomic mass is 10.0. The molecular weight excluding hydrogens is 212 g/mol. The molecule has 0 atom stereocenters. The third kappa shape index (κ3) is 2.13. The van der Waals surface area contributed by atoms with Crippen LogP contribution in [0.4, 0.5) is 5.69 Å². The molecule has 1 aliphatic heterocycles. The van der Waals surface area contributed by atoms with Crippen molar-refractivity contribution in [3.8, 4) is 0 Å². The van der Waals surface area contributed by atoms with Gasteiger partial charge in [0.1, 0.15) is 0 Å². The van der Waals surface area contributed by atoms with Crippen LogP contribution in [0.1, 0.15) is 24.8 Å². The van der Waals surface area contributed by atoms with Crippen LogP contribution in [0.15, 0.2) is 29.3 Å². The number of aryl methyl sites for hydroxylation is 1. The first kappa shape index (κ1) is 10.6. The van der Waals surface area contributed by atoms with Gasteiger partial charge >= 0.3 is 0 Å². The van der Waals surface area contributed by atoms with E-state index in [0.29, 0.717) is 6.04 Å². The Morgan fingerprint density at radius 2 is 2.18 bits per heavy atom. The average Bonchev–Trinajstić information content (AvgIpc) is 3.19. The average molecular weight is 230 g/mol. The zero-order valence-corrected chi connectivity index (χ0v) is 9.89. The van der Waals surface area contributed by atoms with Crippen molar-refractivity contribution in [2.45, 2.75) is 31.7 Å². The molecule has 0 amide bonds. The highest BCUT2D eigenvalue weighted by Crippen LogP contribution is 2.28. The molecule has 0 bridgehead atoms. The fourth-order valence-corrected chi connectivity index (χ4v) is 2.32. The summed E-state index contributed by atoms with van der Waals surface area (Å²) in [6, 6.07) is 8.98. The summed E-state index contributed by atoms with van der Waals surface area (Å²) in [6.45, 7) is 0.993. The lowest BCUT2D eigenvalue weighted by Gasteiger charge is -2.31. The Bertz CT molecular complexity index is 437. The minimum absolute atomic E-state index is 0.482. The van der Waals surface area contributed by atoms with Crippen LogP contribution < -0.4 is 16.2 Å². The van der Waals surface area contributed by atoms with Crippen LogP contribution in [0.25, 0.3) is 0 Å². The van der Waals surface area contributed by atoms with E-state index in [1.807, 2.05) is 0 Å². The second-order valence-electron chi connectivity index (χ2n) is 4.71. The molecule has 1 heterocycles. The molecule has 0 spiro atoms. The van der Waals surface area contributed by atoms with Crippen molar-refractivity contribution >= 4 is 11.6 Å². The van der Waals surface area contributed by atoms with E-state index in [4.69, 9.17) is 5.84 Å². The zero-order chi connectivity index (χ0) is 11.7. The smallest absolute Gasteiger partial charge is 0.213 e. The number of hydrogen-bond acceptors (Lipinski definition) is 2. The van der Waals surface area contributed by atoms with Gasteiger partial charge in [0.25, 0.3) is 0 Å². The normalized spacial score (nSPS) is 20.1. The number of benzene rings is 1. The van der Waals surface area contributed by atoms with Crippen LogP contribution in [0, 0.1) is 0 Å². The Morgan fingerprint density at radius 3 is 2.94 bits per heavy atom. The predicted octanol–water partition coefficient (Wildman–Crippen LogP) is 1.42. The van der Waals surface area contributed by atoms with Crippen molar-refractivity contribution in [3.63, 3.8) is 0 Å². The molecule has 3 N–H and O–H groups in total. The predicted molar refractivity (Wildman–Crippen MR) is 69.9 cm³/mol. The van der Waals surface area contributed by atoms with Gasteiger partial charge in [-0.1, -0.05) is 18.2 Å². The van der Waals surface area contributed by atoms with E-state index >= 15 is 0 Å². The number of para-hydroxylation sites is 1. The third-order valence-corrected chi connectivity index (χ3v) is 3.35. The van der Waals surface area contributed by atoms with E-state index in [-0.39, 0.29) is 0 Å². The summed E-state index contributed by atoms with van der Waals surface area (Å²) in [6.07, 6.45) is 4.69. The molecule has 0 radical (unpaired) electrons. The minimum Gasteiger partial charge on any atom is -0.311 e. The van der Waals surface area contributed by atoms with Crippen LogP contribution in [-0.2, 0) is 6.42 Å². The zero-order valence-electron chi connectivity index (χ0n) is 9.89. The van der Waals surface area contributed by atoms with Crippen molar-refractivity contribution in [1.82, 2.24) is 5.43 Å². The summed E-state index contributed by atoms with van der Waals surface area (Å²) in [5, 5.41) is 0. The number of nitrogens with one attached hydrogen (secondary N) is 1. The van der Waals surface area contributed by atoms with Crippen molar-refractivity contribution in [2.75, 3.05) is 11.4 Å². The van der Waals surface area contributed by atoms with Gasteiger partial charge in [0.05, 0.1) is 6.04 Å². The van der Waals surface area contributed by atoms with Crippen LogP contribution in [0.5, 0.6) is 0 Å². The molecule has 1 aromatic carbocycles.